The van der Waals surface area contributed by atoms with Gasteiger partial charge in [-0.25, -0.2) is 0 Å². The van der Waals surface area contributed by atoms with Crippen molar-refractivity contribution in [2.45, 2.75) is 95.4 Å². The molecule has 0 radical (unpaired) electrons. The Morgan fingerprint density at radius 1 is 1.00 bits per heavy atom. The largest absolute Gasteiger partial charge is 0.392 e. The highest BCUT2D eigenvalue weighted by Gasteiger charge is 2.42. The summed E-state index contributed by atoms with van der Waals surface area (Å²) in [7, 11) is 1.43. The molecule has 1 unspecified atom stereocenters. The predicted molar refractivity (Wildman–Crippen MR) is 93.8 cm³/mol. The molecule has 24 heavy (non-hydrogen) atoms. The van der Waals surface area contributed by atoms with Crippen LogP contribution < -0.4 is 5.32 Å². The normalized spacial score (nSPS) is 28.4. The summed E-state index contributed by atoms with van der Waals surface area (Å²) >= 11 is 0. The second-order valence-electron chi connectivity index (χ2n) is 6.84. The van der Waals surface area contributed by atoms with Crippen LogP contribution in [-0.2, 0) is 9.47 Å². The van der Waals surface area contributed by atoms with Crippen molar-refractivity contribution in [2.24, 2.45) is 0 Å². The van der Waals surface area contributed by atoms with Crippen LogP contribution in [0.15, 0.2) is 0 Å². The van der Waals surface area contributed by atoms with E-state index in [1.165, 1.54) is 52.1 Å². The first kappa shape index (κ1) is 21.8. The maximum absolute atomic E-state index is 9.97. The van der Waals surface area contributed by atoms with Crippen LogP contribution >= 0.6 is 0 Å². The number of aliphatic hydroxyl groups excluding tert-OH is 3. The third-order valence-electron chi connectivity index (χ3n) is 4.67. The van der Waals surface area contributed by atoms with Gasteiger partial charge in [-0.3, -0.25) is 0 Å². The molecule has 0 bridgehead atoms. The number of hydrogen-bond donors (Lipinski definition) is 4. The first-order valence-electron chi connectivity index (χ1n) is 9.53. The van der Waals surface area contributed by atoms with Gasteiger partial charge >= 0.3 is 0 Å². The Kier molecular flexibility index (Phi) is 11.8. The lowest BCUT2D eigenvalue weighted by molar-refractivity contribution is -0.147. The minimum absolute atomic E-state index is 0.382. The smallest absolute Gasteiger partial charge is 0.186 e. The maximum Gasteiger partial charge on any atom is 0.186 e. The molecule has 0 aromatic carbocycles. The van der Waals surface area contributed by atoms with Crippen LogP contribution in [0.2, 0.25) is 0 Å². The Morgan fingerprint density at radius 2 is 1.62 bits per heavy atom. The summed E-state index contributed by atoms with van der Waals surface area (Å²) in [6, 6.07) is 0. The number of unbranched alkanes of at least 4 members (excludes halogenated alkanes) is 7. The summed E-state index contributed by atoms with van der Waals surface area (Å²) < 4.78 is 10.4. The molecule has 4 N–H and O–H groups in total. The summed E-state index contributed by atoms with van der Waals surface area (Å²) in [4.78, 5) is 0. The zero-order valence-electron chi connectivity index (χ0n) is 15.3. The average Bonchev–Trinajstić information content (AvgIpc) is 2.85. The number of ether oxygens (including phenoxy) is 2. The van der Waals surface area contributed by atoms with Gasteiger partial charge in [0.05, 0.1) is 6.10 Å². The van der Waals surface area contributed by atoms with E-state index in [4.69, 9.17) is 9.47 Å². The van der Waals surface area contributed by atoms with Crippen molar-refractivity contribution in [3.8, 4) is 0 Å². The molecule has 1 heterocycles. The van der Waals surface area contributed by atoms with Crippen molar-refractivity contribution in [1.29, 1.82) is 0 Å². The fourth-order valence-corrected chi connectivity index (χ4v) is 3.09. The highest BCUT2D eigenvalue weighted by molar-refractivity contribution is 4.87. The van der Waals surface area contributed by atoms with Crippen molar-refractivity contribution in [3.63, 3.8) is 0 Å². The highest BCUT2D eigenvalue weighted by atomic mass is 16.7. The lowest BCUT2D eigenvalue weighted by Gasteiger charge is -2.17. The SMILES string of the molecule is CCCCCCCCCCC(O)CNC[C@H]1O[C@H](OC)[C@@H](O)[C@@H]1O. The molecular weight excluding hydrogens is 310 g/mol. The molecule has 1 saturated heterocycles. The van der Waals surface area contributed by atoms with Crippen LogP contribution in [0, 0.1) is 0 Å². The standard InChI is InChI=1S/C18H37NO5/c1-3-4-5-6-7-8-9-10-11-14(20)12-19-13-15-16(21)17(22)18(23-2)24-15/h14-22H,3-13H2,1-2H3/t14?,15-,16-,17+,18+/m1/s1. The van der Waals surface area contributed by atoms with Crippen molar-refractivity contribution in [3.05, 3.63) is 0 Å². The minimum Gasteiger partial charge on any atom is -0.392 e. The second kappa shape index (κ2) is 13.0. The van der Waals surface area contributed by atoms with E-state index < -0.39 is 24.6 Å². The van der Waals surface area contributed by atoms with Crippen LogP contribution in [0.25, 0.3) is 0 Å². The molecule has 0 aromatic rings. The van der Waals surface area contributed by atoms with Crippen LogP contribution in [0.4, 0.5) is 0 Å². The first-order valence-corrected chi connectivity index (χ1v) is 9.53. The molecule has 6 heteroatoms. The van der Waals surface area contributed by atoms with Crippen LogP contribution in [0.3, 0.4) is 0 Å². The zero-order valence-corrected chi connectivity index (χ0v) is 15.3. The van der Waals surface area contributed by atoms with E-state index in [0.717, 1.165) is 12.8 Å². The van der Waals surface area contributed by atoms with Gasteiger partial charge in [0.25, 0.3) is 0 Å². The predicted octanol–water partition coefficient (Wildman–Crippen LogP) is 1.56. The van der Waals surface area contributed by atoms with Gasteiger partial charge in [-0.15, -0.1) is 0 Å². The van der Waals surface area contributed by atoms with E-state index in [1.54, 1.807) is 0 Å². The quantitative estimate of drug-likeness (QED) is 0.357. The van der Waals surface area contributed by atoms with Crippen LogP contribution in [-0.4, -0.2) is 66.2 Å². The zero-order chi connectivity index (χ0) is 17.8. The molecule has 0 amide bonds. The summed E-state index contributed by atoms with van der Waals surface area (Å²) in [5.74, 6) is 0. The van der Waals surface area contributed by atoms with E-state index in [9.17, 15) is 15.3 Å². The van der Waals surface area contributed by atoms with Crippen molar-refractivity contribution < 1.29 is 24.8 Å². The molecule has 144 valence electrons. The molecule has 0 saturated carbocycles. The molecule has 5 atom stereocenters. The molecule has 1 fully saturated rings. The van der Waals surface area contributed by atoms with Gasteiger partial charge in [-0.1, -0.05) is 58.3 Å². The van der Waals surface area contributed by atoms with Gasteiger partial charge in [0, 0.05) is 20.2 Å². The Balaban J connectivity index is 1.97. The Bertz CT molecular complexity index is 305. The molecule has 1 aliphatic heterocycles. The van der Waals surface area contributed by atoms with Crippen molar-refractivity contribution >= 4 is 0 Å². The number of rotatable bonds is 14. The molecule has 0 aliphatic carbocycles. The number of methoxy groups -OCH3 is 1. The summed E-state index contributed by atoms with van der Waals surface area (Å²) in [6.07, 6.45) is 7.19. The molecule has 0 spiro atoms. The van der Waals surface area contributed by atoms with E-state index in [2.05, 4.69) is 12.2 Å². The molecule has 6 nitrogen and oxygen atoms in total. The molecule has 1 rings (SSSR count). The van der Waals surface area contributed by atoms with Crippen LogP contribution in [0.1, 0.15) is 64.7 Å². The Morgan fingerprint density at radius 3 is 2.21 bits per heavy atom. The second-order valence-corrected chi connectivity index (χ2v) is 6.84. The minimum atomic E-state index is -1.02. The van der Waals surface area contributed by atoms with Crippen molar-refractivity contribution in [2.75, 3.05) is 20.2 Å². The van der Waals surface area contributed by atoms with Gasteiger partial charge in [-0.05, 0) is 6.42 Å². The van der Waals surface area contributed by atoms with Gasteiger partial charge in [0.2, 0.25) is 0 Å². The summed E-state index contributed by atoms with van der Waals surface area (Å²) in [6.45, 7) is 3.08. The van der Waals surface area contributed by atoms with Gasteiger partial charge in [-0.2, -0.15) is 0 Å². The highest BCUT2D eigenvalue weighted by Crippen LogP contribution is 2.21. The average molecular weight is 347 g/mol. The first-order chi connectivity index (χ1) is 11.6. The monoisotopic (exact) mass is 347 g/mol. The lowest BCUT2D eigenvalue weighted by Crippen LogP contribution is -2.40. The third-order valence-corrected chi connectivity index (χ3v) is 4.67. The number of aliphatic hydroxyl groups is 3. The number of hydrogen-bond acceptors (Lipinski definition) is 6. The van der Waals surface area contributed by atoms with Crippen molar-refractivity contribution in [1.82, 2.24) is 5.32 Å². The van der Waals surface area contributed by atoms with Gasteiger partial charge in [0.15, 0.2) is 6.29 Å². The Hall–Kier alpha value is -0.240. The Labute approximate surface area is 146 Å². The van der Waals surface area contributed by atoms with Gasteiger partial charge < -0.3 is 30.1 Å². The van der Waals surface area contributed by atoms with E-state index in [1.807, 2.05) is 0 Å². The molecule has 1 aliphatic rings. The van der Waals surface area contributed by atoms with Gasteiger partial charge in [0.1, 0.15) is 18.3 Å². The van der Waals surface area contributed by atoms with E-state index in [-0.39, 0.29) is 6.10 Å². The maximum atomic E-state index is 9.97. The van der Waals surface area contributed by atoms with E-state index in [0.29, 0.717) is 13.1 Å². The summed E-state index contributed by atoms with van der Waals surface area (Å²) in [5, 5.41) is 32.6. The summed E-state index contributed by atoms with van der Waals surface area (Å²) in [5.41, 5.74) is 0. The topological polar surface area (TPSA) is 91.2 Å². The fraction of sp³-hybridized carbons (Fsp3) is 1.00. The molecule has 0 aromatic heterocycles. The van der Waals surface area contributed by atoms with Crippen LogP contribution in [0.5, 0.6) is 0 Å². The fourth-order valence-electron chi connectivity index (χ4n) is 3.09. The third kappa shape index (κ3) is 8.23. The molecular formula is C18H37NO5. The number of nitrogens with one attached hydrogen (secondary N) is 1. The van der Waals surface area contributed by atoms with E-state index >= 15 is 0 Å². The lowest BCUT2D eigenvalue weighted by atomic mass is 10.1.